The molecule has 4 nitrogen and oxygen atoms in total. The van der Waals surface area contributed by atoms with Gasteiger partial charge in [-0.25, -0.2) is 0 Å². The molecule has 0 aliphatic heterocycles. The molecule has 0 saturated heterocycles. The Kier molecular flexibility index (Phi) is 8.02. The van der Waals surface area contributed by atoms with E-state index in [4.69, 9.17) is 0 Å². The Morgan fingerprint density at radius 3 is 1.57 bits per heavy atom. The molecule has 14 heavy (non-hydrogen) atoms. The van der Waals surface area contributed by atoms with Crippen molar-refractivity contribution in [2.75, 3.05) is 27.9 Å². The summed E-state index contributed by atoms with van der Waals surface area (Å²) in [6, 6.07) is 0. The second-order valence-electron chi connectivity index (χ2n) is 2.21. The van der Waals surface area contributed by atoms with Gasteiger partial charge in [0.05, 0.1) is 0 Å². The van der Waals surface area contributed by atoms with Crippen LogP contribution in [0.1, 0.15) is 0 Å². The second kappa shape index (κ2) is 6.72. The van der Waals surface area contributed by atoms with E-state index in [1.165, 1.54) is 0 Å². The van der Waals surface area contributed by atoms with Crippen LogP contribution in [0, 0.1) is 0 Å². The third-order valence-electron chi connectivity index (χ3n) is 1.32. The Balaban J connectivity index is 0. The molecule has 0 spiro atoms. The maximum Gasteiger partial charge on any atom is 1.00 e. The van der Waals surface area contributed by atoms with Gasteiger partial charge in [0.15, 0.2) is 0 Å². The first-order valence-electron chi connectivity index (χ1n) is 3.38. The van der Waals surface area contributed by atoms with E-state index in [0.717, 1.165) is 21.3 Å². The molecule has 0 unspecified atom stereocenters. The second-order valence-corrected chi connectivity index (χ2v) is 2.21. The Labute approximate surface area is 92.2 Å². The van der Waals surface area contributed by atoms with Gasteiger partial charge in [0.1, 0.15) is 6.61 Å². The molecule has 0 fully saturated rings. The molecule has 0 aromatic rings. The molecular formula is C5H11BF3LiO4. The first kappa shape index (κ1) is 16.7. The molecule has 9 heteroatoms. The first-order valence-corrected chi connectivity index (χ1v) is 3.38. The largest absolute Gasteiger partial charge is 1.00 e. The van der Waals surface area contributed by atoms with Gasteiger partial charge in [-0.15, -0.1) is 0 Å². The summed E-state index contributed by atoms with van der Waals surface area (Å²) in [4.78, 5) is 0. The Hall–Kier alpha value is 0.292. The van der Waals surface area contributed by atoms with Crippen LogP contribution in [0.25, 0.3) is 0 Å². The molecule has 0 saturated carbocycles. The summed E-state index contributed by atoms with van der Waals surface area (Å²) in [5, 5.41) is 0. The first-order chi connectivity index (χ1) is 5.89. The number of rotatable bonds is 5. The maximum atomic E-state index is 11.7. The van der Waals surface area contributed by atoms with Gasteiger partial charge in [-0.3, -0.25) is 0 Å². The van der Waals surface area contributed by atoms with Crippen molar-refractivity contribution in [3.05, 3.63) is 0 Å². The SMILES string of the molecule is CO[B-](OC)(OC)OCC(F)(F)F.[Li+]. The minimum Gasteiger partial charge on any atom is -0.521 e. The molecule has 0 N–H and O–H groups in total. The maximum absolute atomic E-state index is 11.7. The van der Waals surface area contributed by atoms with Crippen molar-refractivity contribution >= 4 is 6.96 Å². The zero-order valence-electron chi connectivity index (χ0n) is 8.55. The number of halogens is 3. The average molecular weight is 210 g/mol. The summed E-state index contributed by atoms with van der Waals surface area (Å²) < 4.78 is 53.0. The van der Waals surface area contributed by atoms with Gasteiger partial charge in [-0.1, -0.05) is 0 Å². The van der Waals surface area contributed by atoms with E-state index in [1.807, 2.05) is 0 Å². The van der Waals surface area contributed by atoms with Crippen LogP contribution in [-0.2, 0) is 18.6 Å². The number of alkyl halides is 3. The molecule has 0 aliphatic rings. The van der Waals surface area contributed by atoms with Gasteiger partial charge in [0.2, 0.25) is 0 Å². The molecule has 0 aromatic heterocycles. The monoisotopic (exact) mass is 210 g/mol. The topological polar surface area (TPSA) is 36.9 Å². The van der Waals surface area contributed by atoms with E-state index in [-0.39, 0.29) is 18.9 Å². The molecule has 0 rings (SSSR count). The molecule has 80 valence electrons. The van der Waals surface area contributed by atoms with E-state index in [9.17, 15) is 13.2 Å². The Morgan fingerprint density at radius 2 is 1.36 bits per heavy atom. The molecular weight excluding hydrogens is 199 g/mol. The van der Waals surface area contributed by atoms with Crippen molar-refractivity contribution in [1.29, 1.82) is 0 Å². The van der Waals surface area contributed by atoms with Crippen LogP contribution < -0.4 is 18.9 Å². The van der Waals surface area contributed by atoms with Crippen LogP contribution in [-0.4, -0.2) is 41.1 Å². The van der Waals surface area contributed by atoms with Gasteiger partial charge >= 0.3 is 32.0 Å². The summed E-state index contributed by atoms with van der Waals surface area (Å²) in [7, 11) is 3.39. The Bertz CT molecular complexity index is 144. The predicted octanol–water partition coefficient (Wildman–Crippen LogP) is -2.06. The van der Waals surface area contributed by atoms with Crippen molar-refractivity contribution in [1.82, 2.24) is 0 Å². The van der Waals surface area contributed by atoms with Gasteiger partial charge in [0, 0.05) is 0 Å². The van der Waals surface area contributed by atoms with E-state index in [1.54, 1.807) is 0 Å². The van der Waals surface area contributed by atoms with Crippen molar-refractivity contribution in [2.24, 2.45) is 0 Å². The third kappa shape index (κ3) is 5.91. The van der Waals surface area contributed by atoms with E-state index < -0.39 is 19.7 Å². The average Bonchev–Trinajstić information content (AvgIpc) is 2.06. The number of hydrogen-bond donors (Lipinski definition) is 0. The number of hydrogen-bond acceptors (Lipinski definition) is 4. The van der Waals surface area contributed by atoms with Gasteiger partial charge in [-0.2, -0.15) is 13.2 Å². The molecule has 0 atom stereocenters. The molecule has 0 aromatic carbocycles. The quantitative estimate of drug-likeness (QED) is 0.489. The molecule has 0 bridgehead atoms. The summed E-state index contributed by atoms with van der Waals surface area (Å²) in [5.74, 6) is 0. The van der Waals surface area contributed by atoms with Crippen LogP contribution in [0.5, 0.6) is 0 Å². The molecule has 0 radical (unpaired) electrons. The normalized spacial score (nSPS) is 12.4. The van der Waals surface area contributed by atoms with Gasteiger partial charge in [0.25, 0.3) is 0 Å². The zero-order chi connectivity index (χ0) is 10.5. The smallest absolute Gasteiger partial charge is 0.521 e. The fourth-order valence-corrected chi connectivity index (χ4v) is 0.689. The van der Waals surface area contributed by atoms with Crippen LogP contribution in [0.3, 0.4) is 0 Å². The van der Waals surface area contributed by atoms with Crippen molar-refractivity contribution in [2.45, 2.75) is 6.18 Å². The summed E-state index contributed by atoms with van der Waals surface area (Å²) >= 11 is 0. The fourth-order valence-electron chi connectivity index (χ4n) is 0.689. The summed E-state index contributed by atoms with van der Waals surface area (Å²) in [6.07, 6.45) is -4.44. The van der Waals surface area contributed by atoms with Crippen molar-refractivity contribution < 1.29 is 50.6 Å². The van der Waals surface area contributed by atoms with Crippen LogP contribution in [0.4, 0.5) is 13.2 Å². The zero-order valence-corrected chi connectivity index (χ0v) is 8.55. The standard InChI is InChI=1S/C5H11BF3O4.Li/c1-10-6(11-2,12-3)13-4-5(7,8)9;/h4H2,1-3H3;/q-1;+1. The van der Waals surface area contributed by atoms with Crippen LogP contribution >= 0.6 is 0 Å². The van der Waals surface area contributed by atoms with Crippen LogP contribution in [0.15, 0.2) is 0 Å². The summed E-state index contributed by atoms with van der Waals surface area (Å²) in [5.41, 5.74) is 0. The van der Waals surface area contributed by atoms with Gasteiger partial charge in [-0.05, 0) is 21.3 Å². The molecule has 0 aliphatic carbocycles. The van der Waals surface area contributed by atoms with Crippen LogP contribution in [0.2, 0.25) is 0 Å². The van der Waals surface area contributed by atoms with Crippen molar-refractivity contribution in [3.8, 4) is 0 Å². The Morgan fingerprint density at radius 1 is 1.00 bits per heavy atom. The molecule has 0 heterocycles. The van der Waals surface area contributed by atoms with E-state index in [2.05, 4.69) is 18.6 Å². The fraction of sp³-hybridized carbons (Fsp3) is 1.00. The minimum atomic E-state index is -4.44. The van der Waals surface area contributed by atoms with E-state index >= 15 is 0 Å². The minimum absolute atomic E-state index is 0. The molecule has 0 amide bonds. The summed E-state index contributed by atoms with van der Waals surface area (Å²) in [6.45, 7) is -4.23. The third-order valence-corrected chi connectivity index (χ3v) is 1.32. The van der Waals surface area contributed by atoms with E-state index in [0.29, 0.717) is 0 Å². The van der Waals surface area contributed by atoms with Gasteiger partial charge < -0.3 is 18.6 Å². The predicted molar refractivity (Wildman–Crippen MR) is 38.8 cm³/mol. The van der Waals surface area contributed by atoms with Crippen molar-refractivity contribution in [3.63, 3.8) is 0 Å².